The number of aliphatic hydroxyl groups excluding tert-OH is 1. The molecule has 2 heteroatoms. The molecule has 1 N–H and O–H groups in total. The van der Waals surface area contributed by atoms with E-state index in [4.69, 9.17) is 5.11 Å². The van der Waals surface area contributed by atoms with Gasteiger partial charge in [0.1, 0.15) is 5.78 Å². The summed E-state index contributed by atoms with van der Waals surface area (Å²) in [7, 11) is 1.00. The number of rotatable bonds is 1. The molecule has 0 radical (unpaired) electrons. The normalized spacial score (nSPS) is 7.75. The molecular weight excluding hydrogens is 104 g/mol. The fourth-order valence-electron chi connectivity index (χ4n) is 0. The van der Waals surface area contributed by atoms with Crippen LogP contribution in [0.15, 0.2) is 0 Å². The maximum absolute atomic E-state index is 10.1. The lowest BCUT2D eigenvalue weighted by atomic mass is 10.1. The van der Waals surface area contributed by atoms with Gasteiger partial charge >= 0.3 is 0 Å². The van der Waals surface area contributed by atoms with E-state index >= 15 is 0 Å². The molecule has 0 spiro atoms. The molecule has 0 heterocycles. The van der Waals surface area contributed by atoms with E-state index in [2.05, 4.69) is 0 Å². The van der Waals surface area contributed by atoms with Gasteiger partial charge in [0, 0.05) is 13.0 Å². The predicted octanol–water partition coefficient (Wildman–Crippen LogP) is 0.840. The van der Waals surface area contributed by atoms with Crippen molar-refractivity contribution in [1.29, 1.82) is 0 Å². The second-order valence-electron chi connectivity index (χ2n) is 1.77. The smallest absolute Gasteiger partial charge is 0.132 e. The number of ketones is 1. The van der Waals surface area contributed by atoms with Crippen molar-refractivity contribution in [2.24, 2.45) is 5.92 Å². The largest absolute Gasteiger partial charge is 0.400 e. The van der Waals surface area contributed by atoms with Crippen LogP contribution in [0.4, 0.5) is 0 Å². The molecule has 0 unspecified atom stereocenters. The second kappa shape index (κ2) is 6.63. The molecule has 0 aromatic rings. The molecule has 0 aliphatic heterocycles. The van der Waals surface area contributed by atoms with E-state index in [-0.39, 0.29) is 11.7 Å². The number of carbonyl (C=O) groups excluding carboxylic acids is 1. The van der Waals surface area contributed by atoms with Gasteiger partial charge in [0.2, 0.25) is 0 Å². The van der Waals surface area contributed by atoms with Crippen molar-refractivity contribution in [3.05, 3.63) is 0 Å². The molecule has 0 saturated heterocycles. The minimum absolute atomic E-state index is 0.213. The fourth-order valence-corrected chi connectivity index (χ4v) is 0. The van der Waals surface area contributed by atoms with E-state index < -0.39 is 0 Å². The first-order valence-corrected chi connectivity index (χ1v) is 2.59. The van der Waals surface area contributed by atoms with E-state index in [9.17, 15) is 4.79 Å². The lowest BCUT2D eigenvalue weighted by molar-refractivity contribution is -0.119. The Bertz CT molecular complexity index is 57.5. The van der Waals surface area contributed by atoms with Gasteiger partial charge in [-0.25, -0.2) is 0 Å². The second-order valence-corrected chi connectivity index (χ2v) is 1.77. The van der Waals surface area contributed by atoms with Crippen LogP contribution in [0, 0.1) is 5.92 Å². The van der Waals surface area contributed by atoms with Crippen molar-refractivity contribution in [1.82, 2.24) is 0 Å². The molecule has 50 valence electrons. The van der Waals surface area contributed by atoms with Crippen LogP contribution in [-0.4, -0.2) is 18.0 Å². The summed E-state index contributed by atoms with van der Waals surface area (Å²) in [5.41, 5.74) is 0. The minimum atomic E-state index is 0.213. The zero-order valence-electron chi connectivity index (χ0n) is 5.93. The monoisotopic (exact) mass is 118 g/mol. The highest BCUT2D eigenvalue weighted by Crippen LogP contribution is 1.89. The van der Waals surface area contributed by atoms with Gasteiger partial charge in [0.05, 0.1) is 0 Å². The van der Waals surface area contributed by atoms with Crippen LogP contribution in [0.25, 0.3) is 0 Å². The van der Waals surface area contributed by atoms with Crippen LogP contribution in [0.2, 0.25) is 0 Å². The van der Waals surface area contributed by atoms with Crippen LogP contribution >= 0.6 is 0 Å². The quantitative estimate of drug-likeness (QED) is 0.554. The first-order chi connectivity index (χ1) is 3.64. The molecule has 0 rings (SSSR count). The highest BCUT2D eigenvalue weighted by atomic mass is 16.2. The first kappa shape index (κ1) is 10.6. The Morgan fingerprint density at radius 2 is 1.50 bits per heavy atom. The van der Waals surface area contributed by atoms with E-state index in [0.29, 0.717) is 0 Å². The lowest BCUT2D eigenvalue weighted by Crippen LogP contribution is -1.98. The summed E-state index contributed by atoms with van der Waals surface area (Å²) in [6.07, 6.45) is 0. The van der Waals surface area contributed by atoms with Crippen LogP contribution < -0.4 is 0 Å². The molecule has 8 heavy (non-hydrogen) atoms. The minimum Gasteiger partial charge on any atom is -0.400 e. The Hall–Kier alpha value is -0.370. The van der Waals surface area contributed by atoms with Crippen molar-refractivity contribution in [2.75, 3.05) is 7.11 Å². The molecule has 0 saturated carbocycles. The van der Waals surface area contributed by atoms with E-state index in [1.807, 2.05) is 13.8 Å². The topological polar surface area (TPSA) is 37.3 Å². The highest BCUT2D eigenvalue weighted by Gasteiger charge is 1.94. The van der Waals surface area contributed by atoms with E-state index in [1.54, 1.807) is 6.92 Å². The lowest BCUT2D eigenvalue weighted by Gasteiger charge is -1.90. The van der Waals surface area contributed by atoms with Gasteiger partial charge in [0.25, 0.3) is 0 Å². The van der Waals surface area contributed by atoms with E-state index in [1.165, 1.54) is 0 Å². The molecule has 0 atom stereocenters. The summed E-state index contributed by atoms with van der Waals surface area (Å²) >= 11 is 0. The van der Waals surface area contributed by atoms with Gasteiger partial charge in [-0.05, 0) is 6.92 Å². The third kappa shape index (κ3) is 9.16. The third-order valence-electron chi connectivity index (χ3n) is 0.813. The summed E-state index contributed by atoms with van der Waals surface area (Å²) < 4.78 is 0. The van der Waals surface area contributed by atoms with Crippen LogP contribution in [0.5, 0.6) is 0 Å². The number of hydrogen-bond acceptors (Lipinski definition) is 2. The van der Waals surface area contributed by atoms with Gasteiger partial charge in [-0.3, -0.25) is 4.79 Å². The predicted molar refractivity (Wildman–Crippen MR) is 33.7 cm³/mol. The summed E-state index contributed by atoms with van der Waals surface area (Å²) in [5, 5.41) is 7.00. The molecule has 0 aliphatic carbocycles. The zero-order valence-corrected chi connectivity index (χ0v) is 5.93. The maximum atomic E-state index is 10.1. The summed E-state index contributed by atoms with van der Waals surface area (Å²) in [6, 6.07) is 0. The Labute approximate surface area is 50.5 Å². The van der Waals surface area contributed by atoms with Crippen LogP contribution in [-0.2, 0) is 4.79 Å². The number of aliphatic hydroxyl groups is 1. The molecule has 0 aromatic carbocycles. The standard InChI is InChI=1S/C5H10O.CH4O/c1-4(2)5(3)6;1-2/h4H,1-3H3;2H,1H3. The Morgan fingerprint density at radius 1 is 1.38 bits per heavy atom. The summed E-state index contributed by atoms with van der Waals surface area (Å²) in [5.74, 6) is 0.472. The number of hydrogen-bond donors (Lipinski definition) is 1. The van der Waals surface area contributed by atoms with Crippen molar-refractivity contribution >= 4 is 5.78 Å². The third-order valence-corrected chi connectivity index (χ3v) is 0.813. The van der Waals surface area contributed by atoms with E-state index in [0.717, 1.165) is 7.11 Å². The SMILES string of the molecule is CC(=O)C(C)C.CO. The van der Waals surface area contributed by atoms with Crippen molar-refractivity contribution < 1.29 is 9.90 Å². The summed E-state index contributed by atoms with van der Waals surface area (Å²) in [6.45, 7) is 5.38. The summed E-state index contributed by atoms with van der Waals surface area (Å²) in [4.78, 5) is 10.1. The highest BCUT2D eigenvalue weighted by molar-refractivity contribution is 5.77. The average molecular weight is 118 g/mol. The Balaban J connectivity index is 0. The van der Waals surface area contributed by atoms with Gasteiger partial charge in [-0.2, -0.15) is 0 Å². The van der Waals surface area contributed by atoms with Crippen molar-refractivity contribution in [3.63, 3.8) is 0 Å². The molecule has 0 aliphatic rings. The fraction of sp³-hybridized carbons (Fsp3) is 0.833. The van der Waals surface area contributed by atoms with Gasteiger partial charge in [0.15, 0.2) is 0 Å². The van der Waals surface area contributed by atoms with Gasteiger partial charge in [-0.15, -0.1) is 0 Å². The molecular formula is C6H14O2. The average Bonchev–Trinajstić information content (AvgIpc) is 1.72. The van der Waals surface area contributed by atoms with Gasteiger partial charge in [-0.1, -0.05) is 13.8 Å². The molecule has 2 nitrogen and oxygen atoms in total. The number of carbonyl (C=O) groups is 1. The zero-order chi connectivity index (χ0) is 7.15. The maximum Gasteiger partial charge on any atom is 0.132 e. The molecule has 0 bridgehead atoms. The van der Waals surface area contributed by atoms with Crippen molar-refractivity contribution in [2.45, 2.75) is 20.8 Å². The molecule has 0 aromatic heterocycles. The van der Waals surface area contributed by atoms with Crippen LogP contribution in [0.1, 0.15) is 20.8 Å². The van der Waals surface area contributed by atoms with Crippen LogP contribution in [0.3, 0.4) is 0 Å². The van der Waals surface area contributed by atoms with Crippen molar-refractivity contribution in [3.8, 4) is 0 Å². The Kier molecular flexibility index (Phi) is 8.77. The van der Waals surface area contributed by atoms with Gasteiger partial charge < -0.3 is 5.11 Å². The first-order valence-electron chi connectivity index (χ1n) is 2.59. The number of Topliss-reactive ketones (excluding diaryl/α,β-unsaturated/α-hetero) is 1. The Morgan fingerprint density at radius 3 is 1.50 bits per heavy atom. The molecule has 0 amide bonds. The molecule has 0 fully saturated rings.